The third-order valence-corrected chi connectivity index (χ3v) is 3.54. The molecule has 2 nitrogen and oxygen atoms in total. The molecule has 2 heteroatoms. The van der Waals surface area contributed by atoms with E-state index >= 15 is 0 Å². The standard InChI is InChI=1S/C15H24N2/c1-16-10-9-14-5-7-15(8-6-14)13-17-11-3-2-4-12-17/h5-8,16H,2-4,9-13H2,1H3. The van der Waals surface area contributed by atoms with Crippen LogP contribution in [-0.2, 0) is 13.0 Å². The van der Waals surface area contributed by atoms with Gasteiger partial charge in [0.05, 0.1) is 0 Å². The summed E-state index contributed by atoms with van der Waals surface area (Å²) in [5.74, 6) is 0. The fourth-order valence-corrected chi connectivity index (χ4v) is 2.46. The van der Waals surface area contributed by atoms with Gasteiger partial charge >= 0.3 is 0 Å². The summed E-state index contributed by atoms with van der Waals surface area (Å²) in [5.41, 5.74) is 2.89. The monoisotopic (exact) mass is 232 g/mol. The quantitative estimate of drug-likeness (QED) is 0.839. The smallest absolute Gasteiger partial charge is 0.0233 e. The molecule has 1 aromatic carbocycles. The molecule has 2 rings (SSSR count). The normalized spacial score (nSPS) is 17.2. The van der Waals surface area contributed by atoms with Crippen molar-refractivity contribution in [1.29, 1.82) is 0 Å². The second kappa shape index (κ2) is 6.77. The van der Waals surface area contributed by atoms with Gasteiger partial charge in [0.15, 0.2) is 0 Å². The molecule has 0 radical (unpaired) electrons. The number of piperidine rings is 1. The Hall–Kier alpha value is -0.860. The lowest BCUT2D eigenvalue weighted by molar-refractivity contribution is 0.221. The summed E-state index contributed by atoms with van der Waals surface area (Å²) in [5, 5.41) is 3.19. The molecule has 0 amide bonds. The van der Waals surface area contributed by atoms with Crippen LogP contribution in [0.1, 0.15) is 30.4 Å². The highest BCUT2D eigenvalue weighted by Crippen LogP contribution is 2.13. The van der Waals surface area contributed by atoms with Crippen LogP contribution in [0.4, 0.5) is 0 Å². The van der Waals surface area contributed by atoms with E-state index in [9.17, 15) is 0 Å². The minimum absolute atomic E-state index is 1.06. The fourth-order valence-electron chi connectivity index (χ4n) is 2.46. The average molecular weight is 232 g/mol. The van der Waals surface area contributed by atoms with E-state index in [4.69, 9.17) is 0 Å². The van der Waals surface area contributed by atoms with E-state index < -0.39 is 0 Å². The second-order valence-corrected chi connectivity index (χ2v) is 5.01. The molecule has 0 spiro atoms. The first-order valence-corrected chi connectivity index (χ1v) is 6.83. The van der Waals surface area contributed by atoms with Gasteiger partial charge in [-0.1, -0.05) is 30.7 Å². The van der Waals surface area contributed by atoms with Crippen LogP contribution >= 0.6 is 0 Å². The first-order chi connectivity index (χ1) is 8.38. The van der Waals surface area contributed by atoms with Crippen molar-refractivity contribution in [2.45, 2.75) is 32.2 Å². The van der Waals surface area contributed by atoms with Gasteiger partial charge < -0.3 is 5.32 Å². The van der Waals surface area contributed by atoms with Gasteiger partial charge in [-0.3, -0.25) is 4.90 Å². The van der Waals surface area contributed by atoms with Gasteiger partial charge in [0, 0.05) is 6.54 Å². The Morgan fingerprint density at radius 2 is 1.65 bits per heavy atom. The molecule has 0 aliphatic carbocycles. The number of hydrogen-bond donors (Lipinski definition) is 1. The molecule has 0 aromatic heterocycles. The van der Waals surface area contributed by atoms with Gasteiger partial charge in [0.2, 0.25) is 0 Å². The Morgan fingerprint density at radius 1 is 1.00 bits per heavy atom. The molecular weight excluding hydrogens is 208 g/mol. The van der Waals surface area contributed by atoms with Crippen LogP contribution in [0.15, 0.2) is 24.3 Å². The Bertz CT molecular complexity index is 312. The third kappa shape index (κ3) is 4.14. The minimum Gasteiger partial charge on any atom is -0.319 e. The first-order valence-electron chi connectivity index (χ1n) is 6.83. The van der Waals surface area contributed by atoms with E-state index in [1.54, 1.807) is 0 Å². The number of nitrogens with one attached hydrogen (secondary N) is 1. The van der Waals surface area contributed by atoms with Crippen molar-refractivity contribution >= 4 is 0 Å². The summed E-state index contributed by atoms with van der Waals surface area (Å²) >= 11 is 0. The molecule has 0 bridgehead atoms. The molecule has 0 saturated carbocycles. The number of likely N-dealkylation sites (N-methyl/N-ethyl adjacent to an activating group) is 1. The molecule has 1 N–H and O–H groups in total. The number of nitrogens with zero attached hydrogens (tertiary/aromatic N) is 1. The zero-order chi connectivity index (χ0) is 11.9. The van der Waals surface area contributed by atoms with Crippen molar-refractivity contribution in [3.63, 3.8) is 0 Å². The Balaban J connectivity index is 1.84. The number of hydrogen-bond acceptors (Lipinski definition) is 2. The molecule has 1 heterocycles. The van der Waals surface area contributed by atoms with Crippen LogP contribution in [0.3, 0.4) is 0 Å². The molecule has 1 saturated heterocycles. The zero-order valence-electron chi connectivity index (χ0n) is 10.9. The summed E-state index contributed by atoms with van der Waals surface area (Å²) in [4.78, 5) is 2.58. The van der Waals surface area contributed by atoms with Crippen LogP contribution in [-0.4, -0.2) is 31.6 Å². The molecule has 1 aliphatic rings. The van der Waals surface area contributed by atoms with E-state index in [0.29, 0.717) is 0 Å². The predicted octanol–water partition coefficient (Wildman–Crippen LogP) is 2.43. The SMILES string of the molecule is CNCCc1ccc(CN2CCCCC2)cc1. The molecule has 0 unspecified atom stereocenters. The maximum absolute atomic E-state index is 3.19. The molecular formula is C15H24N2. The summed E-state index contributed by atoms with van der Waals surface area (Å²) in [6.07, 6.45) is 5.29. The predicted molar refractivity (Wildman–Crippen MR) is 73.2 cm³/mol. The minimum atomic E-state index is 1.06. The van der Waals surface area contributed by atoms with E-state index in [-0.39, 0.29) is 0 Å². The van der Waals surface area contributed by atoms with Crippen LogP contribution in [0, 0.1) is 0 Å². The average Bonchev–Trinajstić information content (AvgIpc) is 2.39. The number of likely N-dealkylation sites (tertiary alicyclic amines) is 1. The van der Waals surface area contributed by atoms with Gasteiger partial charge in [0.25, 0.3) is 0 Å². The van der Waals surface area contributed by atoms with Crippen molar-refractivity contribution in [3.8, 4) is 0 Å². The van der Waals surface area contributed by atoms with E-state index in [2.05, 4.69) is 34.5 Å². The van der Waals surface area contributed by atoms with Crippen molar-refractivity contribution in [2.75, 3.05) is 26.7 Å². The summed E-state index contributed by atoms with van der Waals surface area (Å²) < 4.78 is 0. The van der Waals surface area contributed by atoms with Crippen LogP contribution in [0.2, 0.25) is 0 Å². The lowest BCUT2D eigenvalue weighted by atomic mass is 10.1. The van der Waals surface area contributed by atoms with Crippen molar-refractivity contribution in [3.05, 3.63) is 35.4 Å². The summed E-state index contributed by atoms with van der Waals surface area (Å²) in [6, 6.07) is 9.13. The highest BCUT2D eigenvalue weighted by molar-refractivity contribution is 5.22. The Kier molecular flexibility index (Phi) is 5.02. The van der Waals surface area contributed by atoms with Crippen molar-refractivity contribution in [1.82, 2.24) is 10.2 Å². The van der Waals surface area contributed by atoms with Gasteiger partial charge in [0.1, 0.15) is 0 Å². The largest absolute Gasteiger partial charge is 0.319 e. The second-order valence-electron chi connectivity index (χ2n) is 5.01. The highest BCUT2D eigenvalue weighted by atomic mass is 15.1. The molecule has 1 aliphatic heterocycles. The molecule has 1 aromatic rings. The highest BCUT2D eigenvalue weighted by Gasteiger charge is 2.09. The number of benzene rings is 1. The van der Waals surface area contributed by atoms with Gasteiger partial charge in [-0.05, 0) is 57.1 Å². The first kappa shape index (κ1) is 12.6. The Morgan fingerprint density at radius 3 is 2.29 bits per heavy atom. The fraction of sp³-hybridized carbons (Fsp3) is 0.600. The maximum Gasteiger partial charge on any atom is 0.0233 e. The molecule has 1 fully saturated rings. The van der Waals surface area contributed by atoms with Crippen molar-refractivity contribution < 1.29 is 0 Å². The molecule has 0 atom stereocenters. The molecule has 94 valence electrons. The topological polar surface area (TPSA) is 15.3 Å². The van der Waals surface area contributed by atoms with Gasteiger partial charge in [-0.2, -0.15) is 0 Å². The van der Waals surface area contributed by atoms with Crippen LogP contribution in [0.25, 0.3) is 0 Å². The van der Waals surface area contributed by atoms with E-state index in [1.807, 2.05) is 7.05 Å². The van der Waals surface area contributed by atoms with Crippen LogP contribution < -0.4 is 5.32 Å². The van der Waals surface area contributed by atoms with Crippen LogP contribution in [0.5, 0.6) is 0 Å². The Labute approximate surface area is 105 Å². The maximum atomic E-state index is 3.19. The molecule has 17 heavy (non-hydrogen) atoms. The summed E-state index contributed by atoms with van der Waals surface area (Å²) in [6.45, 7) is 4.75. The van der Waals surface area contributed by atoms with E-state index in [0.717, 1.165) is 19.5 Å². The van der Waals surface area contributed by atoms with Gasteiger partial charge in [-0.15, -0.1) is 0 Å². The third-order valence-electron chi connectivity index (χ3n) is 3.54. The lowest BCUT2D eigenvalue weighted by Crippen LogP contribution is -2.29. The number of rotatable bonds is 5. The van der Waals surface area contributed by atoms with Gasteiger partial charge in [-0.25, -0.2) is 0 Å². The van der Waals surface area contributed by atoms with Crippen molar-refractivity contribution in [2.24, 2.45) is 0 Å². The lowest BCUT2D eigenvalue weighted by Gasteiger charge is -2.26. The van der Waals surface area contributed by atoms with E-state index in [1.165, 1.54) is 43.5 Å². The summed E-state index contributed by atoms with van der Waals surface area (Å²) in [7, 11) is 2.00. The zero-order valence-corrected chi connectivity index (χ0v) is 10.9.